The molecule has 21 heavy (non-hydrogen) atoms. The third-order valence-corrected chi connectivity index (χ3v) is 3.29. The highest BCUT2D eigenvalue weighted by atomic mass is 16.6. The fraction of sp³-hybridized carbons (Fsp3) is 0.812. The Morgan fingerprint density at radius 1 is 1.33 bits per heavy atom. The van der Waals surface area contributed by atoms with Crippen LogP contribution in [0.3, 0.4) is 0 Å². The Morgan fingerprint density at radius 3 is 2.57 bits per heavy atom. The Labute approximate surface area is 128 Å². The van der Waals surface area contributed by atoms with E-state index in [1.165, 1.54) is 0 Å². The summed E-state index contributed by atoms with van der Waals surface area (Å²) in [6, 6.07) is 0.465. The van der Waals surface area contributed by atoms with E-state index in [0.29, 0.717) is 6.04 Å². The smallest absolute Gasteiger partial charge is 0.410 e. The van der Waals surface area contributed by atoms with E-state index >= 15 is 0 Å². The van der Waals surface area contributed by atoms with E-state index in [2.05, 4.69) is 11.9 Å². The summed E-state index contributed by atoms with van der Waals surface area (Å²) in [5, 5.41) is 3.48. The Hall–Kier alpha value is -1.07. The van der Waals surface area contributed by atoms with E-state index in [1.807, 2.05) is 26.8 Å². The molecular formula is C16H30N2O3. The number of carbonyl (C=O) groups is 1. The van der Waals surface area contributed by atoms with Crippen molar-refractivity contribution in [3.63, 3.8) is 0 Å². The van der Waals surface area contributed by atoms with E-state index < -0.39 is 5.60 Å². The van der Waals surface area contributed by atoms with Gasteiger partial charge in [-0.3, -0.25) is 0 Å². The zero-order valence-electron chi connectivity index (χ0n) is 13.7. The van der Waals surface area contributed by atoms with Gasteiger partial charge in [-0.25, -0.2) is 4.79 Å². The molecule has 0 aliphatic carbocycles. The van der Waals surface area contributed by atoms with Crippen LogP contribution in [0.5, 0.6) is 0 Å². The van der Waals surface area contributed by atoms with Gasteiger partial charge in [-0.2, -0.15) is 0 Å². The predicted molar refractivity (Wildman–Crippen MR) is 84.5 cm³/mol. The van der Waals surface area contributed by atoms with Crippen LogP contribution in [-0.2, 0) is 9.47 Å². The molecule has 5 nitrogen and oxygen atoms in total. The molecule has 1 saturated heterocycles. The van der Waals surface area contributed by atoms with Crippen LogP contribution in [0.15, 0.2) is 12.7 Å². The molecule has 0 spiro atoms. The van der Waals surface area contributed by atoms with Crippen molar-refractivity contribution in [3.05, 3.63) is 12.7 Å². The fourth-order valence-corrected chi connectivity index (χ4v) is 2.20. The van der Waals surface area contributed by atoms with Gasteiger partial charge in [0.05, 0.1) is 13.2 Å². The van der Waals surface area contributed by atoms with Gasteiger partial charge in [-0.05, 0) is 40.0 Å². The summed E-state index contributed by atoms with van der Waals surface area (Å²) in [5.41, 5.74) is -0.422. The van der Waals surface area contributed by atoms with Gasteiger partial charge in [0, 0.05) is 25.7 Å². The minimum Gasteiger partial charge on any atom is -0.444 e. The summed E-state index contributed by atoms with van der Waals surface area (Å²) in [4.78, 5) is 13.7. The Morgan fingerprint density at radius 2 is 2.00 bits per heavy atom. The van der Waals surface area contributed by atoms with Crippen LogP contribution in [0.2, 0.25) is 0 Å². The molecule has 122 valence electrons. The number of ether oxygens (including phenoxy) is 2. The van der Waals surface area contributed by atoms with Crippen molar-refractivity contribution >= 4 is 6.09 Å². The van der Waals surface area contributed by atoms with Gasteiger partial charge in [0.15, 0.2) is 0 Å². The average molecular weight is 298 g/mol. The summed E-state index contributed by atoms with van der Waals surface area (Å²) in [6.07, 6.45) is 4.49. The Kier molecular flexibility index (Phi) is 7.75. The number of carbonyl (C=O) groups excluding carboxylic acids is 1. The lowest BCUT2D eigenvalue weighted by molar-refractivity contribution is 0.0196. The highest BCUT2D eigenvalue weighted by Gasteiger charge is 2.26. The van der Waals surface area contributed by atoms with Crippen molar-refractivity contribution in [2.45, 2.75) is 51.7 Å². The number of nitrogens with one attached hydrogen (secondary N) is 1. The number of hydrogen-bond donors (Lipinski definition) is 1. The van der Waals surface area contributed by atoms with Crippen molar-refractivity contribution in [1.29, 1.82) is 0 Å². The van der Waals surface area contributed by atoms with Crippen molar-refractivity contribution in [2.75, 3.05) is 32.8 Å². The molecule has 1 aliphatic heterocycles. The molecule has 1 amide bonds. The molecule has 0 radical (unpaired) electrons. The summed E-state index contributed by atoms with van der Waals surface area (Å²) < 4.78 is 10.8. The van der Waals surface area contributed by atoms with Crippen LogP contribution in [0, 0.1) is 0 Å². The van der Waals surface area contributed by atoms with Gasteiger partial charge in [0.25, 0.3) is 0 Å². The van der Waals surface area contributed by atoms with E-state index in [4.69, 9.17) is 9.47 Å². The van der Waals surface area contributed by atoms with Crippen LogP contribution in [-0.4, -0.2) is 55.5 Å². The first kappa shape index (κ1) is 18.0. The molecule has 1 rings (SSSR count). The van der Waals surface area contributed by atoms with Crippen LogP contribution in [0.4, 0.5) is 4.79 Å². The predicted octanol–water partition coefficient (Wildman–Crippen LogP) is 2.57. The lowest BCUT2D eigenvalue weighted by atomic mass is 10.1. The van der Waals surface area contributed by atoms with Crippen molar-refractivity contribution < 1.29 is 14.3 Å². The van der Waals surface area contributed by atoms with Crippen LogP contribution >= 0.6 is 0 Å². The number of hydrogen-bond acceptors (Lipinski definition) is 4. The molecule has 1 N–H and O–H groups in total. The maximum Gasteiger partial charge on any atom is 0.410 e. The first-order valence-corrected chi connectivity index (χ1v) is 7.82. The van der Waals surface area contributed by atoms with Crippen molar-refractivity contribution in [3.8, 4) is 0 Å². The van der Waals surface area contributed by atoms with Gasteiger partial charge in [0.1, 0.15) is 5.60 Å². The molecule has 1 aliphatic rings. The highest BCUT2D eigenvalue weighted by molar-refractivity contribution is 5.68. The fourth-order valence-electron chi connectivity index (χ4n) is 2.20. The van der Waals surface area contributed by atoms with Gasteiger partial charge in [-0.1, -0.05) is 6.08 Å². The van der Waals surface area contributed by atoms with Gasteiger partial charge in [-0.15, -0.1) is 6.58 Å². The van der Waals surface area contributed by atoms with Gasteiger partial charge < -0.3 is 19.7 Å². The maximum absolute atomic E-state index is 11.9. The lowest BCUT2D eigenvalue weighted by Crippen LogP contribution is -2.47. The molecule has 1 fully saturated rings. The first-order valence-electron chi connectivity index (χ1n) is 7.82. The minimum absolute atomic E-state index is 0.200. The second kappa shape index (κ2) is 9.05. The SMILES string of the molecule is C=CCCOCCNC1CCN(C(=O)OC(C)(C)C)CC1. The third-order valence-electron chi connectivity index (χ3n) is 3.29. The molecular weight excluding hydrogens is 268 g/mol. The largest absolute Gasteiger partial charge is 0.444 e. The van der Waals surface area contributed by atoms with E-state index in [0.717, 1.165) is 52.1 Å². The number of rotatable bonds is 7. The van der Waals surface area contributed by atoms with E-state index in [-0.39, 0.29) is 6.09 Å². The monoisotopic (exact) mass is 298 g/mol. The molecule has 0 atom stereocenters. The van der Waals surface area contributed by atoms with E-state index in [9.17, 15) is 4.79 Å². The number of likely N-dealkylation sites (tertiary alicyclic amines) is 1. The van der Waals surface area contributed by atoms with Crippen molar-refractivity contribution in [1.82, 2.24) is 10.2 Å². The molecule has 0 bridgehead atoms. The summed E-state index contributed by atoms with van der Waals surface area (Å²) in [5.74, 6) is 0. The summed E-state index contributed by atoms with van der Waals surface area (Å²) in [6.45, 7) is 13.2. The Bertz CT molecular complexity index is 318. The molecule has 0 saturated carbocycles. The summed E-state index contributed by atoms with van der Waals surface area (Å²) >= 11 is 0. The highest BCUT2D eigenvalue weighted by Crippen LogP contribution is 2.15. The molecule has 5 heteroatoms. The van der Waals surface area contributed by atoms with Gasteiger partial charge >= 0.3 is 6.09 Å². The zero-order chi connectivity index (χ0) is 15.7. The topological polar surface area (TPSA) is 50.8 Å². The number of nitrogens with zero attached hydrogens (tertiary/aromatic N) is 1. The van der Waals surface area contributed by atoms with Crippen molar-refractivity contribution in [2.24, 2.45) is 0 Å². The Balaban J connectivity index is 2.12. The first-order chi connectivity index (χ1) is 9.92. The molecule has 1 heterocycles. The standard InChI is InChI=1S/C16H30N2O3/c1-5-6-12-20-13-9-17-14-7-10-18(11-8-14)15(19)21-16(2,3)4/h5,14,17H,1,6-13H2,2-4H3. The third kappa shape index (κ3) is 8.07. The molecule has 0 aromatic heterocycles. The van der Waals surface area contributed by atoms with Crippen LogP contribution in [0.25, 0.3) is 0 Å². The summed E-state index contributed by atoms with van der Waals surface area (Å²) in [7, 11) is 0. The maximum atomic E-state index is 11.9. The minimum atomic E-state index is -0.422. The average Bonchev–Trinajstić information content (AvgIpc) is 2.41. The number of amides is 1. The van der Waals surface area contributed by atoms with Crippen LogP contribution < -0.4 is 5.32 Å². The second-order valence-electron chi connectivity index (χ2n) is 6.39. The molecule has 0 unspecified atom stereocenters. The molecule has 0 aromatic carbocycles. The molecule has 0 aromatic rings. The van der Waals surface area contributed by atoms with E-state index in [1.54, 1.807) is 4.90 Å². The van der Waals surface area contributed by atoms with Gasteiger partial charge in [0.2, 0.25) is 0 Å². The lowest BCUT2D eigenvalue weighted by Gasteiger charge is -2.33. The quantitative estimate of drug-likeness (QED) is 0.580. The normalized spacial score (nSPS) is 16.8. The zero-order valence-corrected chi connectivity index (χ0v) is 13.7. The number of piperidine rings is 1. The second-order valence-corrected chi connectivity index (χ2v) is 6.39. The van der Waals surface area contributed by atoms with Crippen LogP contribution in [0.1, 0.15) is 40.0 Å².